The van der Waals surface area contributed by atoms with Crippen molar-refractivity contribution >= 4 is 0 Å². The van der Waals surface area contributed by atoms with Gasteiger partial charge < -0.3 is 47.0 Å². The van der Waals surface area contributed by atoms with Crippen LogP contribution in [0.4, 0.5) is 0 Å². The fraction of sp³-hybridized carbons (Fsp3) is 0.500. The molecule has 0 amide bonds. The van der Waals surface area contributed by atoms with Crippen molar-refractivity contribution in [3.8, 4) is 0 Å². The Hall–Kier alpha value is 1.39. The van der Waals surface area contributed by atoms with Gasteiger partial charge in [0.1, 0.15) is 0 Å². The van der Waals surface area contributed by atoms with Crippen LogP contribution in [0.1, 0.15) is 41.5 Å². The van der Waals surface area contributed by atoms with E-state index in [2.05, 4.69) is 13.8 Å². The van der Waals surface area contributed by atoms with Gasteiger partial charge in [-0.05, 0) is 0 Å². The Balaban J connectivity index is -0.00000000418. The molecule has 15 heavy (non-hydrogen) atoms. The molecule has 0 aromatic heterocycles. The standard InChI is InChI=1S/2C3H7.2C2H5.2CH3.H2O.2Ti/c2*1-3-2;2*1-2;;;;;/h2*3H,1-2H3;2*1H2,2H3;2*1H3;1H2;;/q6*-1;;2*+3. The summed E-state index contributed by atoms with van der Waals surface area (Å²) >= 11 is 0. The van der Waals surface area contributed by atoms with Crippen molar-refractivity contribution in [1.29, 1.82) is 0 Å². The zero-order chi connectivity index (χ0) is 9.41. The molecular weight excluding hydrogens is 256 g/mol. The van der Waals surface area contributed by atoms with E-state index in [0.29, 0.717) is 0 Å². The Labute approximate surface area is 131 Å². The summed E-state index contributed by atoms with van der Waals surface area (Å²) in [4.78, 5) is 0. The summed E-state index contributed by atoms with van der Waals surface area (Å²) < 4.78 is 0. The first kappa shape index (κ1) is 71.1. The molecule has 0 aliphatic carbocycles. The molecule has 0 aromatic rings. The third-order valence-electron chi connectivity index (χ3n) is 0. The molecule has 0 unspecified atom stereocenters. The van der Waals surface area contributed by atoms with Crippen LogP contribution in [0.25, 0.3) is 0 Å². The van der Waals surface area contributed by atoms with Gasteiger partial charge in [0.15, 0.2) is 0 Å². The Morgan fingerprint density at radius 1 is 0.600 bits per heavy atom. The molecule has 0 rings (SSSR count). The van der Waals surface area contributed by atoms with Gasteiger partial charge in [0.05, 0.1) is 0 Å². The monoisotopic (exact) mass is 288 g/mol. The largest absolute Gasteiger partial charge is 3.00 e. The molecule has 0 saturated heterocycles. The van der Waals surface area contributed by atoms with Crippen LogP contribution in [0.5, 0.6) is 0 Å². The summed E-state index contributed by atoms with van der Waals surface area (Å²) in [5.74, 6) is 0. The van der Waals surface area contributed by atoms with Crippen molar-refractivity contribution in [2.24, 2.45) is 0 Å². The molecule has 1 nitrogen and oxygen atoms in total. The van der Waals surface area contributed by atoms with Gasteiger partial charge in [0, 0.05) is 0 Å². The van der Waals surface area contributed by atoms with E-state index in [1.165, 1.54) is 0 Å². The Bertz CT molecular complexity index is 15.6. The van der Waals surface area contributed by atoms with Gasteiger partial charge in [-0.25, -0.2) is 0 Å². The second-order valence-corrected chi connectivity index (χ2v) is 1.15. The second-order valence-electron chi connectivity index (χ2n) is 1.15. The maximum Gasteiger partial charge on any atom is 3.00 e. The predicted octanol–water partition coefficient (Wildman–Crippen LogP) is 4.21. The molecule has 0 spiro atoms. The molecule has 0 aliphatic rings. The van der Waals surface area contributed by atoms with E-state index < -0.39 is 0 Å². The van der Waals surface area contributed by atoms with Crippen molar-refractivity contribution in [3.05, 3.63) is 41.5 Å². The normalized spacial score (nSPS) is 3.20. The predicted molar refractivity (Wildman–Crippen MR) is 69.8 cm³/mol. The molecule has 94 valence electrons. The van der Waals surface area contributed by atoms with E-state index in [4.69, 9.17) is 0 Å². The van der Waals surface area contributed by atoms with Crippen LogP contribution in [-0.4, -0.2) is 5.48 Å². The fourth-order valence-electron chi connectivity index (χ4n) is 0. The van der Waals surface area contributed by atoms with E-state index in [9.17, 15) is 0 Å². The van der Waals surface area contributed by atoms with Crippen LogP contribution < -0.4 is 0 Å². The molecular formula is C12H32OTi2. The molecule has 0 bridgehead atoms. The number of hydrogen-bond acceptors (Lipinski definition) is 0. The van der Waals surface area contributed by atoms with Crippen molar-refractivity contribution in [1.82, 2.24) is 0 Å². The zero-order valence-corrected chi connectivity index (χ0v) is 15.2. The van der Waals surface area contributed by atoms with E-state index in [-0.39, 0.29) is 63.8 Å². The minimum atomic E-state index is 0. The quantitative estimate of drug-likeness (QED) is 0.472. The molecule has 0 atom stereocenters. The Morgan fingerprint density at radius 3 is 0.600 bits per heavy atom. The first-order valence-electron chi connectivity index (χ1n) is 3.72. The summed E-state index contributed by atoms with van der Waals surface area (Å²) in [5.41, 5.74) is 0. The number of hydrogen-bond donors (Lipinski definition) is 0. The van der Waals surface area contributed by atoms with Crippen LogP contribution in [0.3, 0.4) is 0 Å². The molecule has 0 aliphatic heterocycles. The smallest absolute Gasteiger partial charge is 0.412 e. The van der Waals surface area contributed by atoms with Crippen molar-refractivity contribution in [2.45, 2.75) is 41.5 Å². The summed E-state index contributed by atoms with van der Waals surface area (Å²) in [6.07, 6.45) is 4.00. The second kappa shape index (κ2) is 277. The van der Waals surface area contributed by atoms with Crippen LogP contribution in [-0.2, 0) is 43.4 Å². The molecule has 2 N–H and O–H groups in total. The van der Waals surface area contributed by atoms with Crippen LogP contribution in [0, 0.1) is 41.5 Å². The topological polar surface area (TPSA) is 31.5 Å². The minimum absolute atomic E-state index is 0. The van der Waals surface area contributed by atoms with E-state index in [0.717, 1.165) is 0 Å². The molecule has 0 heterocycles. The number of rotatable bonds is 0. The molecule has 0 fully saturated rings. The van der Waals surface area contributed by atoms with Crippen LogP contribution in [0.15, 0.2) is 0 Å². The van der Waals surface area contributed by atoms with Gasteiger partial charge in [-0.3, -0.25) is 0 Å². The average Bonchev–Trinajstić information content (AvgIpc) is 1.99. The van der Waals surface area contributed by atoms with Gasteiger partial charge in [0.2, 0.25) is 0 Å². The van der Waals surface area contributed by atoms with E-state index >= 15 is 0 Å². The van der Waals surface area contributed by atoms with Crippen molar-refractivity contribution in [3.63, 3.8) is 0 Å². The SMILES string of the molecule is C[CH-]C.C[CH-]C.O.[CH2-]C.[CH2-]C.[CH3-].[CH3-].[Ti+3].[Ti+3]. The van der Waals surface area contributed by atoms with Gasteiger partial charge in [0.25, 0.3) is 0 Å². The average molecular weight is 288 g/mol. The summed E-state index contributed by atoms with van der Waals surface area (Å²) in [6.45, 7) is 18.0. The minimum Gasteiger partial charge on any atom is -0.412 e. The van der Waals surface area contributed by atoms with Crippen LogP contribution >= 0.6 is 0 Å². The van der Waals surface area contributed by atoms with Gasteiger partial charge in [-0.1, -0.05) is 0 Å². The molecule has 2 radical (unpaired) electrons. The molecule has 0 saturated carbocycles. The maximum absolute atomic E-state index is 3.25. The molecule has 3 heteroatoms. The maximum atomic E-state index is 3.25. The summed E-state index contributed by atoms with van der Waals surface area (Å²) in [5, 5.41) is 0. The first-order chi connectivity index (χ1) is 4.83. The Kier molecular flexibility index (Phi) is 1320. The first-order valence-corrected chi connectivity index (χ1v) is 3.72. The summed E-state index contributed by atoms with van der Waals surface area (Å²) in [6, 6.07) is 0. The third kappa shape index (κ3) is 1430. The Morgan fingerprint density at radius 2 is 0.600 bits per heavy atom. The zero-order valence-electron chi connectivity index (χ0n) is 12.1. The van der Waals surface area contributed by atoms with Crippen LogP contribution in [0.2, 0.25) is 0 Å². The molecule has 0 aromatic carbocycles. The van der Waals surface area contributed by atoms with Crippen molar-refractivity contribution in [2.75, 3.05) is 0 Å². The van der Waals surface area contributed by atoms with Gasteiger partial charge in [-0.2, -0.15) is 41.5 Å². The van der Waals surface area contributed by atoms with Gasteiger partial charge in [-0.15, -0.1) is 0 Å². The fourth-order valence-corrected chi connectivity index (χ4v) is 0. The van der Waals surface area contributed by atoms with Crippen molar-refractivity contribution < 1.29 is 48.9 Å². The third-order valence-corrected chi connectivity index (χ3v) is 0. The van der Waals surface area contributed by atoms with Gasteiger partial charge >= 0.3 is 43.4 Å². The van der Waals surface area contributed by atoms with E-state index in [1.54, 1.807) is 13.8 Å². The van der Waals surface area contributed by atoms with E-state index in [1.807, 2.05) is 40.5 Å². The summed E-state index contributed by atoms with van der Waals surface area (Å²) in [7, 11) is 0.